The minimum absolute atomic E-state index is 0.370. The van der Waals surface area contributed by atoms with Crippen molar-refractivity contribution in [2.45, 2.75) is 38.6 Å². The molecule has 0 aromatic carbocycles. The molecule has 0 aliphatic carbocycles. The number of piperidine rings is 1. The van der Waals surface area contributed by atoms with Crippen molar-refractivity contribution in [1.29, 1.82) is 0 Å². The van der Waals surface area contributed by atoms with Crippen LogP contribution in [0.3, 0.4) is 0 Å². The van der Waals surface area contributed by atoms with Gasteiger partial charge in [0.05, 0.1) is 17.3 Å². The molecule has 0 bridgehead atoms. The van der Waals surface area contributed by atoms with Crippen molar-refractivity contribution >= 4 is 16.9 Å². The third-order valence-electron chi connectivity index (χ3n) is 4.25. The van der Waals surface area contributed by atoms with E-state index in [0.29, 0.717) is 23.0 Å². The molecule has 3 rings (SSSR count). The largest absolute Gasteiger partial charge is 0.365 e. The van der Waals surface area contributed by atoms with Crippen LogP contribution in [0.4, 0.5) is 0 Å². The van der Waals surface area contributed by atoms with Crippen molar-refractivity contribution in [3.8, 4) is 0 Å². The number of primary amides is 1. The van der Waals surface area contributed by atoms with Crippen molar-refractivity contribution in [2.75, 3.05) is 13.1 Å². The molecule has 1 fully saturated rings. The zero-order valence-corrected chi connectivity index (χ0v) is 12.5. The van der Waals surface area contributed by atoms with E-state index in [1.807, 2.05) is 0 Å². The number of rotatable bonds is 3. The van der Waals surface area contributed by atoms with Crippen LogP contribution >= 0.6 is 0 Å². The highest BCUT2D eigenvalue weighted by molar-refractivity contribution is 6.03. The van der Waals surface area contributed by atoms with Crippen LogP contribution in [0.5, 0.6) is 0 Å². The van der Waals surface area contributed by atoms with E-state index in [0.717, 1.165) is 30.9 Å². The van der Waals surface area contributed by atoms with Gasteiger partial charge in [0.25, 0.3) is 5.91 Å². The number of nitrogens with one attached hydrogen (secondary N) is 1. The van der Waals surface area contributed by atoms with Crippen LogP contribution in [-0.4, -0.2) is 44.9 Å². The van der Waals surface area contributed by atoms with Crippen molar-refractivity contribution in [3.05, 3.63) is 23.8 Å². The summed E-state index contributed by atoms with van der Waals surface area (Å²) in [6.07, 6.45) is 5.46. The van der Waals surface area contributed by atoms with Gasteiger partial charge in [-0.25, -0.2) is 4.98 Å². The number of pyridine rings is 1. The number of fused-ring (bicyclic) bond motifs is 1. The fourth-order valence-electron chi connectivity index (χ4n) is 3.02. The van der Waals surface area contributed by atoms with Crippen LogP contribution in [-0.2, 0) is 0 Å². The highest BCUT2D eigenvalue weighted by Gasteiger charge is 2.25. The monoisotopic (exact) mass is 287 g/mol. The van der Waals surface area contributed by atoms with Crippen molar-refractivity contribution in [3.63, 3.8) is 0 Å². The Morgan fingerprint density at radius 3 is 3.00 bits per heavy atom. The van der Waals surface area contributed by atoms with E-state index >= 15 is 0 Å². The molecule has 1 amide bonds. The van der Waals surface area contributed by atoms with Gasteiger partial charge in [0.2, 0.25) is 0 Å². The topological polar surface area (TPSA) is 87.9 Å². The van der Waals surface area contributed by atoms with Crippen LogP contribution in [0.2, 0.25) is 0 Å². The summed E-state index contributed by atoms with van der Waals surface area (Å²) >= 11 is 0. The van der Waals surface area contributed by atoms with Crippen LogP contribution in [0.25, 0.3) is 11.0 Å². The maximum atomic E-state index is 11.5. The molecule has 3 heterocycles. The number of nitrogens with two attached hydrogens (primary N) is 1. The summed E-state index contributed by atoms with van der Waals surface area (Å²) in [5, 5.41) is 0. The number of H-pyrrole nitrogens is 1. The number of hydrogen-bond donors (Lipinski definition) is 2. The lowest BCUT2D eigenvalue weighted by Gasteiger charge is -2.34. The van der Waals surface area contributed by atoms with E-state index in [1.165, 1.54) is 12.6 Å². The second-order valence-electron chi connectivity index (χ2n) is 6.00. The quantitative estimate of drug-likeness (QED) is 0.898. The summed E-state index contributed by atoms with van der Waals surface area (Å²) in [5.74, 6) is 0.818. The van der Waals surface area contributed by atoms with Crippen LogP contribution in [0.1, 0.15) is 48.8 Å². The molecule has 112 valence electrons. The molecule has 1 unspecified atom stereocenters. The predicted molar refractivity (Wildman–Crippen MR) is 81.1 cm³/mol. The third-order valence-corrected chi connectivity index (χ3v) is 4.25. The van der Waals surface area contributed by atoms with Gasteiger partial charge >= 0.3 is 0 Å². The maximum absolute atomic E-state index is 11.5. The minimum atomic E-state index is -0.487. The van der Waals surface area contributed by atoms with Crippen LogP contribution in [0.15, 0.2) is 12.4 Å². The fourth-order valence-corrected chi connectivity index (χ4v) is 3.02. The maximum Gasteiger partial charge on any atom is 0.252 e. The van der Waals surface area contributed by atoms with E-state index in [4.69, 9.17) is 5.73 Å². The lowest BCUT2D eigenvalue weighted by molar-refractivity contribution is 0.100. The molecular weight excluding hydrogens is 266 g/mol. The summed E-state index contributed by atoms with van der Waals surface area (Å²) in [4.78, 5) is 25.9. The van der Waals surface area contributed by atoms with Crippen molar-refractivity contribution in [1.82, 2.24) is 19.9 Å². The fraction of sp³-hybridized carbons (Fsp3) is 0.533. The Morgan fingerprint density at radius 2 is 2.29 bits per heavy atom. The standard InChI is InChI=1S/C15H21N5O/c1-9(2)20-5-3-4-10(8-20)15-18-12-7-17-6-11(14(16)21)13(12)19-15/h6-7,9-10H,3-5,8H2,1-2H3,(H2,16,21)(H,18,19). The number of carbonyl (C=O) groups excluding carboxylic acids is 1. The molecule has 6 heteroatoms. The smallest absolute Gasteiger partial charge is 0.252 e. The Kier molecular flexibility index (Phi) is 3.63. The molecule has 21 heavy (non-hydrogen) atoms. The van der Waals surface area contributed by atoms with Crippen molar-refractivity contribution < 1.29 is 4.79 Å². The number of aromatic amines is 1. The Balaban J connectivity index is 1.94. The summed E-state index contributed by atoms with van der Waals surface area (Å²) in [5.41, 5.74) is 7.18. The van der Waals surface area contributed by atoms with Gasteiger partial charge in [-0.3, -0.25) is 9.78 Å². The second kappa shape index (κ2) is 5.44. The molecule has 1 atom stereocenters. The van der Waals surface area contributed by atoms with Gasteiger partial charge in [-0.15, -0.1) is 0 Å². The Bertz CT molecular complexity index is 663. The average molecular weight is 287 g/mol. The second-order valence-corrected chi connectivity index (χ2v) is 6.00. The van der Waals surface area contributed by atoms with E-state index in [2.05, 4.69) is 33.7 Å². The molecule has 3 N–H and O–H groups in total. The van der Waals surface area contributed by atoms with Gasteiger partial charge in [-0.05, 0) is 33.2 Å². The van der Waals surface area contributed by atoms with E-state index < -0.39 is 5.91 Å². The van der Waals surface area contributed by atoms with E-state index in [9.17, 15) is 4.79 Å². The molecule has 0 radical (unpaired) electrons. The number of likely N-dealkylation sites (tertiary alicyclic amines) is 1. The summed E-state index contributed by atoms with van der Waals surface area (Å²) in [6.45, 7) is 6.57. The molecule has 0 saturated carbocycles. The molecule has 0 spiro atoms. The molecule has 2 aromatic rings. The van der Waals surface area contributed by atoms with Crippen molar-refractivity contribution in [2.24, 2.45) is 5.73 Å². The lowest BCUT2D eigenvalue weighted by atomic mass is 9.96. The van der Waals surface area contributed by atoms with Gasteiger partial charge in [0.15, 0.2) is 0 Å². The molecule has 1 aliphatic heterocycles. The predicted octanol–water partition coefficient (Wildman–Crippen LogP) is 1.64. The minimum Gasteiger partial charge on any atom is -0.365 e. The van der Waals surface area contributed by atoms with E-state index in [-0.39, 0.29) is 0 Å². The number of hydrogen-bond acceptors (Lipinski definition) is 4. The van der Waals surface area contributed by atoms with Gasteiger partial charge in [0, 0.05) is 24.7 Å². The highest BCUT2D eigenvalue weighted by atomic mass is 16.1. The highest BCUT2D eigenvalue weighted by Crippen LogP contribution is 2.28. The molecule has 2 aromatic heterocycles. The average Bonchev–Trinajstić information content (AvgIpc) is 2.91. The van der Waals surface area contributed by atoms with Gasteiger partial charge in [0.1, 0.15) is 11.3 Å². The van der Waals surface area contributed by atoms with Gasteiger partial charge in [-0.1, -0.05) is 0 Å². The summed E-state index contributed by atoms with van der Waals surface area (Å²) < 4.78 is 0. The number of amides is 1. The van der Waals surface area contributed by atoms with Gasteiger partial charge < -0.3 is 15.6 Å². The lowest BCUT2D eigenvalue weighted by Crippen LogP contribution is -2.39. The molecular formula is C15H21N5O. The number of nitrogens with zero attached hydrogens (tertiary/aromatic N) is 3. The zero-order chi connectivity index (χ0) is 15.0. The summed E-state index contributed by atoms with van der Waals surface area (Å²) in [7, 11) is 0. The molecule has 1 aliphatic rings. The molecule has 1 saturated heterocycles. The van der Waals surface area contributed by atoms with Crippen LogP contribution < -0.4 is 5.73 Å². The first kappa shape index (κ1) is 14.0. The Hall–Kier alpha value is -1.95. The Morgan fingerprint density at radius 1 is 1.48 bits per heavy atom. The van der Waals surface area contributed by atoms with Crippen LogP contribution in [0, 0.1) is 0 Å². The molecule has 6 nitrogen and oxygen atoms in total. The normalized spacial score (nSPS) is 20.2. The first-order valence-corrected chi connectivity index (χ1v) is 7.43. The first-order valence-electron chi connectivity index (χ1n) is 7.43. The Labute approximate surface area is 123 Å². The van der Waals surface area contributed by atoms with Gasteiger partial charge in [-0.2, -0.15) is 0 Å². The SMILES string of the molecule is CC(C)N1CCCC(c2nc3c(C(N)=O)cncc3[nH]2)C1. The first-order chi connectivity index (χ1) is 10.1. The number of carbonyl (C=O) groups is 1. The number of aromatic nitrogens is 3. The number of imidazole rings is 1. The van der Waals surface area contributed by atoms with E-state index in [1.54, 1.807) is 6.20 Å². The summed E-state index contributed by atoms with van der Waals surface area (Å²) in [6, 6.07) is 0.542. The third kappa shape index (κ3) is 2.63. The zero-order valence-electron chi connectivity index (χ0n) is 12.5.